The number of hydrogen-bond donors (Lipinski definition) is 1. The molecule has 0 aromatic heterocycles. The lowest BCUT2D eigenvalue weighted by Crippen LogP contribution is -2.23. The summed E-state index contributed by atoms with van der Waals surface area (Å²) in [6, 6.07) is 8.52. The minimum absolute atomic E-state index is 0.376. The van der Waals surface area contributed by atoms with Crippen LogP contribution in [0.25, 0.3) is 5.57 Å². The van der Waals surface area contributed by atoms with Gasteiger partial charge in [-0.1, -0.05) is 43.0 Å². The second kappa shape index (κ2) is 2.77. The Morgan fingerprint density at radius 2 is 2.18 bits per heavy atom. The van der Waals surface area contributed by atoms with Crippen LogP contribution in [0.4, 0.5) is 0 Å². The molecule has 4 rings (SSSR count). The molecule has 1 aliphatic heterocycles. The third kappa shape index (κ3) is 0.969. The summed E-state index contributed by atoms with van der Waals surface area (Å²) in [4.78, 5) is -0.463. The lowest BCUT2D eigenvalue weighted by molar-refractivity contribution is 0.358. The van der Waals surface area contributed by atoms with Crippen molar-refractivity contribution in [2.24, 2.45) is 0 Å². The summed E-state index contributed by atoms with van der Waals surface area (Å²) in [5.41, 5.74) is 4.93. The Hall–Kier alpha value is -1.25. The Kier molecular flexibility index (Phi) is 1.59. The fourth-order valence-corrected chi connectivity index (χ4v) is 3.51. The van der Waals surface area contributed by atoms with E-state index in [2.05, 4.69) is 49.5 Å². The molecule has 1 nitrogen and oxygen atoms in total. The molecule has 0 amide bonds. The molecule has 0 saturated carbocycles. The van der Waals surface area contributed by atoms with E-state index in [-0.39, 0.29) is 5.60 Å². The predicted molar refractivity (Wildman–Crippen MR) is 71.9 cm³/mol. The zero-order valence-electron chi connectivity index (χ0n) is 9.31. The molecule has 0 N–H and O–H groups in total. The first-order valence-corrected chi connectivity index (χ1v) is 6.22. The SMILES string of the molecule is C=CC12OC1(S)C=CC1=C2Cc2ccccc21. The van der Waals surface area contributed by atoms with Crippen molar-refractivity contribution in [1.82, 2.24) is 0 Å². The van der Waals surface area contributed by atoms with Crippen molar-refractivity contribution in [1.29, 1.82) is 0 Å². The molecule has 84 valence electrons. The third-order valence-corrected chi connectivity index (χ3v) is 4.59. The van der Waals surface area contributed by atoms with Crippen molar-refractivity contribution in [2.75, 3.05) is 0 Å². The summed E-state index contributed by atoms with van der Waals surface area (Å²) in [5.74, 6) is 0. The maximum Gasteiger partial charge on any atom is 0.168 e. The monoisotopic (exact) mass is 240 g/mol. The summed E-state index contributed by atoms with van der Waals surface area (Å²) in [6.07, 6.45) is 7.02. The topological polar surface area (TPSA) is 12.5 Å². The average molecular weight is 240 g/mol. The molecule has 17 heavy (non-hydrogen) atoms. The highest BCUT2D eigenvalue weighted by molar-refractivity contribution is 7.82. The Morgan fingerprint density at radius 3 is 3.00 bits per heavy atom. The lowest BCUT2D eigenvalue weighted by atomic mass is 9.86. The molecule has 0 spiro atoms. The van der Waals surface area contributed by atoms with Gasteiger partial charge < -0.3 is 4.74 Å². The Bertz CT molecular complexity index is 613. The zero-order valence-corrected chi connectivity index (χ0v) is 10.2. The van der Waals surface area contributed by atoms with E-state index >= 15 is 0 Å². The van der Waals surface area contributed by atoms with Gasteiger partial charge in [0.05, 0.1) is 0 Å². The first-order chi connectivity index (χ1) is 8.20. The van der Waals surface area contributed by atoms with E-state index in [9.17, 15) is 0 Å². The van der Waals surface area contributed by atoms with Gasteiger partial charge in [-0.05, 0) is 34.8 Å². The summed E-state index contributed by atoms with van der Waals surface area (Å²) in [6.45, 7) is 3.92. The molecule has 2 heteroatoms. The van der Waals surface area contributed by atoms with Crippen LogP contribution in [0, 0.1) is 0 Å². The Morgan fingerprint density at radius 1 is 1.35 bits per heavy atom. The van der Waals surface area contributed by atoms with Crippen molar-refractivity contribution < 1.29 is 4.74 Å². The van der Waals surface area contributed by atoms with Gasteiger partial charge in [-0.15, -0.1) is 12.6 Å². The highest BCUT2D eigenvalue weighted by Crippen LogP contribution is 2.63. The molecule has 3 aliphatic rings. The van der Waals surface area contributed by atoms with Crippen LogP contribution in [0.1, 0.15) is 11.1 Å². The normalized spacial score (nSPS) is 36.3. The molecule has 2 atom stereocenters. The smallest absolute Gasteiger partial charge is 0.168 e. The molecule has 1 saturated heterocycles. The van der Waals surface area contributed by atoms with E-state index in [0.717, 1.165) is 6.42 Å². The largest absolute Gasteiger partial charge is 0.338 e. The van der Waals surface area contributed by atoms with E-state index in [4.69, 9.17) is 4.74 Å². The van der Waals surface area contributed by atoms with Crippen LogP contribution in [-0.4, -0.2) is 10.5 Å². The van der Waals surface area contributed by atoms with Crippen molar-refractivity contribution in [3.8, 4) is 0 Å². The fourth-order valence-electron chi connectivity index (χ4n) is 3.07. The number of ether oxygens (including phenoxy) is 1. The van der Waals surface area contributed by atoms with E-state index in [1.165, 1.54) is 22.3 Å². The first-order valence-electron chi connectivity index (χ1n) is 5.77. The molecule has 1 aromatic rings. The van der Waals surface area contributed by atoms with Crippen LogP contribution in [0.15, 0.2) is 54.6 Å². The van der Waals surface area contributed by atoms with Crippen LogP contribution < -0.4 is 0 Å². The van der Waals surface area contributed by atoms with Gasteiger partial charge in [0, 0.05) is 0 Å². The summed E-state index contributed by atoms with van der Waals surface area (Å²) in [5, 5.41) is 0. The van der Waals surface area contributed by atoms with Gasteiger partial charge in [-0.25, -0.2) is 0 Å². The number of benzene rings is 1. The minimum Gasteiger partial charge on any atom is -0.338 e. The van der Waals surface area contributed by atoms with Gasteiger partial charge in [0.25, 0.3) is 0 Å². The van der Waals surface area contributed by atoms with Gasteiger partial charge in [-0.2, -0.15) is 0 Å². The van der Waals surface area contributed by atoms with E-state index in [0.29, 0.717) is 0 Å². The van der Waals surface area contributed by atoms with Crippen LogP contribution >= 0.6 is 12.6 Å². The Balaban J connectivity index is 1.95. The number of hydrogen-bond acceptors (Lipinski definition) is 2. The van der Waals surface area contributed by atoms with Crippen molar-refractivity contribution >= 4 is 18.2 Å². The molecular formula is C15H12OS. The second-order valence-electron chi connectivity index (χ2n) is 4.80. The number of allylic oxidation sites excluding steroid dienone is 2. The van der Waals surface area contributed by atoms with Gasteiger partial charge in [0.2, 0.25) is 0 Å². The zero-order chi connectivity index (χ0) is 11.7. The van der Waals surface area contributed by atoms with Crippen molar-refractivity contribution in [2.45, 2.75) is 17.0 Å². The van der Waals surface area contributed by atoms with Gasteiger partial charge in [-0.3, -0.25) is 0 Å². The van der Waals surface area contributed by atoms with E-state index in [1.54, 1.807) is 0 Å². The molecule has 2 unspecified atom stereocenters. The maximum absolute atomic E-state index is 5.85. The fraction of sp³-hybridized carbons (Fsp3) is 0.200. The second-order valence-corrected chi connectivity index (χ2v) is 5.46. The Labute approximate surface area is 106 Å². The van der Waals surface area contributed by atoms with Crippen LogP contribution in [0.5, 0.6) is 0 Å². The summed E-state index contributed by atoms with van der Waals surface area (Å²) in [7, 11) is 0. The minimum atomic E-state index is -0.463. The number of rotatable bonds is 1. The van der Waals surface area contributed by atoms with Crippen LogP contribution in [-0.2, 0) is 11.2 Å². The number of fused-ring (bicyclic) bond motifs is 4. The molecule has 0 radical (unpaired) electrons. The van der Waals surface area contributed by atoms with Crippen molar-refractivity contribution in [3.63, 3.8) is 0 Å². The molecule has 0 bridgehead atoms. The third-order valence-electron chi connectivity index (χ3n) is 4.02. The molecule has 1 heterocycles. The van der Waals surface area contributed by atoms with Gasteiger partial charge in [0.1, 0.15) is 0 Å². The summed E-state index contributed by atoms with van der Waals surface area (Å²) >= 11 is 4.60. The maximum atomic E-state index is 5.85. The highest BCUT2D eigenvalue weighted by Gasteiger charge is 2.69. The first kappa shape index (κ1) is 9.75. The lowest BCUT2D eigenvalue weighted by Gasteiger charge is -2.17. The van der Waals surface area contributed by atoms with E-state index < -0.39 is 4.93 Å². The summed E-state index contributed by atoms with van der Waals surface area (Å²) < 4.78 is 5.85. The molecular weight excluding hydrogens is 228 g/mol. The van der Waals surface area contributed by atoms with Gasteiger partial charge >= 0.3 is 0 Å². The molecule has 1 aromatic carbocycles. The standard InChI is InChI=1S/C15H12OS/c1-2-14-13-9-10-5-3-4-6-11(10)12(13)7-8-15(14,17)16-14/h2-8,17H,1,9H2. The van der Waals surface area contributed by atoms with Gasteiger partial charge in [0.15, 0.2) is 10.5 Å². The van der Waals surface area contributed by atoms with Crippen LogP contribution in [0.3, 0.4) is 0 Å². The van der Waals surface area contributed by atoms with Crippen molar-refractivity contribution in [3.05, 3.63) is 65.8 Å². The highest BCUT2D eigenvalue weighted by atomic mass is 32.1. The average Bonchev–Trinajstić information content (AvgIpc) is 2.82. The molecule has 2 aliphatic carbocycles. The quantitative estimate of drug-likeness (QED) is 0.452. The van der Waals surface area contributed by atoms with Crippen LogP contribution in [0.2, 0.25) is 0 Å². The van der Waals surface area contributed by atoms with E-state index in [1.807, 2.05) is 12.2 Å². The number of thiol groups is 1. The molecule has 1 fully saturated rings. The number of epoxide rings is 1. The predicted octanol–water partition coefficient (Wildman–Crippen LogP) is 3.15.